The van der Waals surface area contributed by atoms with Gasteiger partial charge in [-0.15, -0.1) is 0 Å². The predicted octanol–water partition coefficient (Wildman–Crippen LogP) is 5.71. The molecule has 7 nitrogen and oxygen atoms in total. The molecule has 35 heavy (non-hydrogen) atoms. The number of pyridine rings is 1. The van der Waals surface area contributed by atoms with Crippen LogP contribution in [0.4, 0.5) is 0 Å². The number of aromatic amines is 1. The van der Waals surface area contributed by atoms with Crippen LogP contribution in [0.5, 0.6) is 0 Å². The lowest BCUT2D eigenvalue weighted by Gasteiger charge is -2.21. The minimum atomic E-state index is -0.232. The Kier molecular flexibility index (Phi) is 6.79. The molecule has 3 heterocycles. The number of amides is 1. The SMILES string of the molecule is Cc1nn(C(C)(C)C)c2nc(C(C)C)cc(C(=O)N(C)CCCc3cc(-c4ccccc4)n[nH]3)c12. The topological polar surface area (TPSA) is 79.7 Å². The van der Waals surface area contributed by atoms with E-state index in [1.165, 1.54) is 0 Å². The lowest BCUT2D eigenvalue weighted by molar-refractivity contribution is 0.0795. The van der Waals surface area contributed by atoms with Crippen LogP contribution in [-0.2, 0) is 12.0 Å². The van der Waals surface area contributed by atoms with Gasteiger partial charge in [0.2, 0.25) is 0 Å². The van der Waals surface area contributed by atoms with Crippen molar-refractivity contribution in [3.05, 3.63) is 65.1 Å². The maximum Gasteiger partial charge on any atom is 0.254 e. The first-order valence-electron chi connectivity index (χ1n) is 12.3. The number of carbonyl (C=O) groups excluding carboxylic acids is 1. The molecule has 0 spiro atoms. The summed E-state index contributed by atoms with van der Waals surface area (Å²) in [5.74, 6) is 0.213. The third kappa shape index (κ3) is 5.14. The number of nitrogens with zero attached hydrogens (tertiary/aromatic N) is 5. The smallest absolute Gasteiger partial charge is 0.254 e. The van der Waals surface area contributed by atoms with E-state index >= 15 is 0 Å². The number of nitrogens with one attached hydrogen (secondary N) is 1. The zero-order valence-electron chi connectivity index (χ0n) is 21.9. The molecule has 1 amide bonds. The van der Waals surface area contributed by atoms with E-state index in [-0.39, 0.29) is 17.4 Å². The summed E-state index contributed by atoms with van der Waals surface area (Å²) >= 11 is 0. The molecule has 1 N–H and O–H groups in total. The summed E-state index contributed by atoms with van der Waals surface area (Å²) in [5, 5.41) is 13.2. The molecule has 0 saturated heterocycles. The van der Waals surface area contributed by atoms with Crippen molar-refractivity contribution < 1.29 is 4.79 Å². The Bertz CT molecular complexity index is 1330. The second-order valence-electron chi connectivity index (χ2n) is 10.6. The fraction of sp³-hybridized carbons (Fsp3) is 0.429. The summed E-state index contributed by atoms with van der Waals surface area (Å²) in [5.41, 5.74) is 6.08. The van der Waals surface area contributed by atoms with Gasteiger partial charge in [-0.3, -0.25) is 9.89 Å². The van der Waals surface area contributed by atoms with Crippen molar-refractivity contribution in [3.63, 3.8) is 0 Å². The molecule has 7 heteroatoms. The van der Waals surface area contributed by atoms with Crippen molar-refractivity contribution in [1.29, 1.82) is 0 Å². The van der Waals surface area contributed by atoms with Crippen LogP contribution in [0.15, 0.2) is 42.5 Å². The molecule has 4 rings (SSSR count). The molecule has 0 aliphatic heterocycles. The lowest BCUT2D eigenvalue weighted by atomic mass is 10.0. The third-order valence-electron chi connectivity index (χ3n) is 6.28. The van der Waals surface area contributed by atoms with Crippen LogP contribution < -0.4 is 0 Å². The second kappa shape index (κ2) is 9.64. The molecule has 0 aliphatic carbocycles. The average Bonchev–Trinajstić information content (AvgIpc) is 3.43. The summed E-state index contributed by atoms with van der Waals surface area (Å²) in [6.45, 7) is 13.1. The highest BCUT2D eigenvalue weighted by Gasteiger charge is 2.26. The molecule has 0 unspecified atom stereocenters. The van der Waals surface area contributed by atoms with E-state index in [9.17, 15) is 4.79 Å². The fourth-order valence-electron chi connectivity index (χ4n) is 4.30. The number of aromatic nitrogens is 5. The fourth-order valence-corrected chi connectivity index (χ4v) is 4.30. The molecule has 0 radical (unpaired) electrons. The largest absolute Gasteiger partial charge is 0.342 e. The van der Waals surface area contributed by atoms with Crippen molar-refractivity contribution in [2.45, 2.75) is 65.8 Å². The van der Waals surface area contributed by atoms with Gasteiger partial charge in [0.15, 0.2) is 5.65 Å². The highest BCUT2D eigenvalue weighted by Crippen LogP contribution is 2.29. The van der Waals surface area contributed by atoms with Gasteiger partial charge in [-0.2, -0.15) is 10.2 Å². The number of aryl methyl sites for hydroxylation is 2. The van der Waals surface area contributed by atoms with Gasteiger partial charge in [0.1, 0.15) is 0 Å². The van der Waals surface area contributed by atoms with Gasteiger partial charge < -0.3 is 4.90 Å². The third-order valence-corrected chi connectivity index (χ3v) is 6.28. The number of rotatable bonds is 7. The zero-order chi connectivity index (χ0) is 25.3. The molecular formula is C28H36N6O. The highest BCUT2D eigenvalue weighted by molar-refractivity contribution is 6.06. The van der Waals surface area contributed by atoms with E-state index < -0.39 is 0 Å². The summed E-state index contributed by atoms with van der Waals surface area (Å²) in [4.78, 5) is 20.3. The number of hydrogen-bond donors (Lipinski definition) is 1. The van der Waals surface area contributed by atoms with E-state index in [1.807, 2.05) is 42.9 Å². The Hall–Kier alpha value is -3.48. The first kappa shape index (κ1) is 24.6. The number of fused-ring (bicyclic) bond motifs is 1. The van der Waals surface area contributed by atoms with Crippen molar-refractivity contribution >= 4 is 16.9 Å². The first-order valence-corrected chi connectivity index (χ1v) is 12.3. The van der Waals surface area contributed by atoms with Gasteiger partial charge in [-0.1, -0.05) is 44.2 Å². The number of hydrogen-bond acceptors (Lipinski definition) is 4. The maximum absolute atomic E-state index is 13.6. The van der Waals surface area contributed by atoms with Crippen molar-refractivity contribution in [2.24, 2.45) is 0 Å². The van der Waals surface area contributed by atoms with Crippen LogP contribution in [-0.4, -0.2) is 49.4 Å². The molecule has 3 aromatic heterocycles. The van der Waals surface area contributed by atoms with Crippen LogP contribution in [0.3, 0.4) is 0 Å². The average molecular weight is 473 g/mol. The molecule has 0 saturated carbocycles. The summed E-state index contributed by atoms with van der Waals surface area (Å²) in [7, 11) is 1.87. The summed E-state index contributed by atoms with van der Waals surface area (Å²) < 4.78 is 1.95. The van der Waals surface area contributed by atoms with Crippen LogP contribution >= 0.6 is 0 Å². The van der Waals surface area contributed by atoms with E-state index in [0.29, 0.717) is 12.1 Å². The van der Waals surface area contributed by atoms with Crippen LogP contribution in [0.2, 0.25) is 0 Å². The normalized spacial score (nSPS) is 12.0. The zero-order valence-corrected chi connectivity index (χ0v) is 21.9. The van der Waals surface area contributed by atoms with Crippen molar-refractivity contribution in [2.75, 3.05) is 13.6 Å². The Morgan fingerprint density at radius 1 is 1.14 bits per heavy atom. The van der Waals surface area contributed by atoms with Gasteiger partial charge in [-0.25, -0.2) is 9.67 Å². The van der Waals surface area contributed by atoms with Crippen LogP contribution in [0.25, 0.3) is 22.3 Å². The Balaban J connectivity index is 1.53. The van der Waals surface area contributed by atoms with Crippen LogP contribution in [0.1, 0.15) is 74.4 Å². The minimum absolute atomic E-state index is 0.00504. The summed E-state index contributed by atoms with van der Waals surface area (Å²) in [6, 6.07) is 14.2. The molecule has 1 aromatic carbocycles. The van der Waals surface area contributed by atoms with Gasteiger partial charge in [0, 0.05) is 30.5 Å². The van der Waals surface area contributed by atoms with Crippen molar-refractivity contribution in [3.8, 4) is 11.3 Å². The molecular weight excluding hydrogens is 436 g/mol. The Morgan fingerprint density at radius 2 is 1.86 bits per heavy atom. The lowest BCUT2D eigenvalue weighted by Crippen LogP contribution is -2.29. The molecule has 184 valence electrons. The van der Waals surface area contributed by atoms with Gasteiger partial charge in [-0.05, 0) is 58.6 Å². The number of carbonyl (C=O) groups is 1. The monoisotopic (exact) mass is 472 g/mol. The van der Waals surface area contributed by atoms with E-state index in [2.05, 4.69) is 63.0 Å². The van der Waals surface area contributed by atoms with E-state index in [4.69, 9.17) is 10.1 Å². The maximum atomic E-state index is 13.6. The molecule has 0 aliphatic rings. The molecule has 0 bridgehead atoms. The quantitative estimate of drug-likeness (QED) is 0.373. The molecule has 0 atom stereocenters. The van der Waals surface area contributed by atoms with Crippen molar-refractivity contribution in [1.82, 2.24) is 29.9 Å². The van der Waals surface area contributed by atoms with Gasteiger partial charge >= 0.3 is 0 Å². The van der Waals surface area contributed by atoms with Crippen LogP contribution in [0, 0.1) is 6.92 Å². The Labute approximate surface area is 207 Å². The van der Waals surface area contributed by atoms with E-state index in [0.717, 1.165) is 52.2 Å². The van der Waals surface area contributed by atoms with Gasteiger partial charge in [0.25, 0.3) is 5.91 Å². The molecule has 4 aromatic rings. The Morgan fingerprint density at radius 3 is 2.51 bits per heavy atom. The van der Waals surface area contributed by atoms with E-state index in [1.54, 1.807) is 4.90 Å². The standard InChI is InChI=1S/C28H36N6O/c1-18(2)23-17-22(25-19(3)32-34(26(25)29-23)28(4,5)6)27(35)33(7)15-11-14-21-16-24(31-30-21)20-12-9-8-10-13-20/h8-10,12-13,16-18H,11,14-15H2,1-7H3,(H,30,31). The molecule has 0 fully saturated rings. The van der Waals surface area contributed by atoms with Gasteiger partial charge in [0.05, 0.1) is 27.9 Å². The number of H-pyrrole nitrogens is 1. The highest BCUT2D eigenvalue weighted by atomic mass is 16.2. The second-order valence-corrected chi connectivity index (χ2v) is 10.6. The summed E-state index contributed by atoms with van der Waals surface area (Å²) in [6.07, 6.45) is 1.66. The number of benzene rings is 1. The first-order chi connectivity index (χ1) is 16.6. The minimum Gasteiger partial charge on any atom is -0.342 e. The predicted molar refractivity (Wildman–Crippen MR) is 141 cm³/mol.